The molecule has 0 bridgehead atoms. The number of carbonyl (C=O) groups is 3. The van der Waals surface area contributed by atoms with Crippen LogP contribution in [0.15, 0.2) is 36.4 Å². The van der Waals surface area contributed by atoms with Crippen LogP contribution in [0, 0.1) is 0 Å². The van der Waals surface area contributed by atoms with Crippen molar-refractivity contribution >= 4 is 17.9 Å². The minimum absolute atomic E-state index is 0. The van der Waals surface area contributed by atoms with Crippen LogP contribution in [-0.2, 0) is 17.4 Å². The molecule has 3 aromatic carbocycles. The van der Waals surface area contributed by atoms with Gasteiger partial charge < -0.3 is 30.6 Å². The molecule has 270 valence electrons. The minimum atomic E-state index is -1.09. The van der Waals surface area contributed by atoms with Crippen LogP contribution in [0.3, 0.4) is 0 Å². The number of phenols is 3. The van der Waals surface area contributed by atoms with Crippen molar-refractivity contribution in [2.75, 3.05) is 0 Å². The summed E-state index contributed by atoms with van der Waals surface area (Å²) in [5.41, 5.74) is 5.21. The van der Waals surface area contributed by atoms with E-state index in [1.807, 2.05) is 83.1 Å². The Labute approximate surface area is 301 Å². The van der Waals surface area contributed by atoms with Gasteiger partial charge >= 0.3 is 17.9 Å². The molecule has 0 saturated carbocycles. The normalized spacial score (nSPS) is 10.9. The second-order valence-corrected chi connectivity index (χ2v) is 13.7. The van der Waals surface area contributed by atoms with Gasteiger partial charge in [0.2, 0.25) is 0 Å². The third-order valence-corrected chi connectivity index (χ3v) is 8.04. The molecule has 49 heavy (non-hydrogen) atoms. The Morgan fingerprint density at radius 1 is 0.388 bits per heavy atom. The summed E-state index contributed by atoms with van der Waals surface area (Å²) in [6, 6.07) is 9.80. The molecule has 6 N–H and O–H groups in total. The zero-order valence-corrected chi connectivity index (χ0v) is 32.0. The molecule has 0 atom stereocenters. The summed E-state index contributed by atoms with van der Waals surface area (Å²) in [4.78, 5) is 32.8. The van der Waals surface area contributed by atoms with Gasteiger partial charge in [0, 0.05) is 34.1 Å². The number of carboxylic acids is 3. The van der Waals surface area contributed by atoms with E-state index in [2.05, 4.69) is 0 Å². The number of carboxylic acid groups (broad SMARTS) is 3. The van der Waals surface area contributed by atoms with Crippen LogP contribution in [0.25, 0.3) is 0 Å². The van der Waals surface area contributed by atoms with Gasteiger partial charge in [0.25, 0.3) is 0 Å². The van der Waals surface area contributed by atoms with Crippen molar-refractivity contribution in [3.05, 3.63) is 86.5 Å². The molecule has 0 amide bonds. The quantitative estimate of drug-likeness (QED) is 0.126. The van der Waals surface area contributed by atoms with Gasteiger partial charge in [0.05, 0.1) is 0 Å². The van der Waals surface area contributed by atoms with E-state index in [1.54, 1.807) is 18.2 Å². The predicted molar refractivity (Wildman–Crippen MR) is 190 cm³/mol. The molecule has 3 aromatic rings. The first-order chi connectivity index (χ1) is 22.1. The molecule has 0 heterocycles. The van der Waals surface area contributed by atoms with Crippen LogP contribution in [-0.4, -0.2) is 48.5 Å². The molecule has 0 aromatic heterocycles. The van der Waals surface area contributed by atoms with Crippen molar-refractivity contribution in [1.82, 2.24) is 0 Å². The van der Waals surface area contributed by atoms with E-state index < -0.39 is 17.9 Å². The molecule has 0 aliphatic carbocycles. The molecule has 0 fully saturated rings. The van der Waals surface area contributed by atoms with Crippen molar-refractivity contribution < 1.29 is 62.4 Å². The Morgan fingerprint density at radius 2 is 0.571 bits per heavy atom. The van der Waals surface area contributed by atoms with Crippen LogP contribution in [0.4, 0.5) is 0 Å². The number of rotatable bonds is 9. The van der Waals surface area contributed by atoms with E-state index in [-0.39, 0.29) is 86.8 Å². The molecular formula is C39H54CrO9. The standard InChI is InChI=1S/3C13H18O3.Cr/c3*1-7(2)9-5-6-10(13(15)16)12(14)11(9)8(3)4;/h3*5-8,14H,1-4H3,(H,15,16);. The summed E-state index contributed by atoms with van der Waals surface area (Å²) in [5.74, 6) is -2.40. The van der Waals surface area contributed by atoms with Gasteiger partial charge in [-0.25, -0.2) is 14.4 Å². The summed E-state index contributed by atoms with van der Waals surface area (Å²) < 4.78 is 0. The molecular weight excluding hydrogens is 664 g/mol. The van der Waals surface area contributed by atoms with Crippen LogP contribution in [0.5, 0.6) is 17.2 Å². The number of aromatic hydroxyl groups is 3. The zero-order chi connectivity index (χ0) is 37.4. The monoisotopic (exact) mass is 718 g/mol. The summed E-state index contributed by atoms with van der Waals surface area (Å²) in [6.07, 6.45) is 0. The SMILES string of the molecule is CC(C)c1ccc(C(=O)O)c(O)c1C(C)C.CC(C)c1ccc(C(=O)O)c(O)c1C(C)C.CC(C)c1ccc(C(=O)O)c(O)c1C(C)C.[Cr]. The van der Waals surface area contributed by atoms with E-state index in [0.717, 1.165) is 33.4 Å². The van der Waals surface area contributed by atoms with Gasteiger partial charge in [-0.2, -0.15) is 0 Å². The molecule has 0 aliphatic heterocycles. The zero-order valence-electron chi connectivity index (χ0n) is 30.7. The maximum Gasteiger partial charge on any atom is 0.339 e. The first-order valence-corrected chi connectivity index (χ1v) is 16.3. The summed E-state index contributed by atoms with van der Waals surface area (Å²) in [5, 5.41) is 56.8. The van der Waals surface area contributed by atoms with Gasteiger partial charge in [-0.1, -0.05) is 101 Å². The van der Waals surface area contributed by atoms with Crippen LogP contribution >= 0.6 is 0 Å². The molecule has 0 saturated heterocycles. The third kappa shape index (κ3) is 11.3. The second-order valence-electron chi connectivity index (χ2n) is 13.7. The molecule has 9 nitrogen and oxygen atoms in total. The van der Waals surface area contributed by atoms with Crippen molar-refractivity contribution in [2.45, 2.75) is 119 Å². The Morgan fingerprint density at radius 3 is 0.694 bits per heavy atom. The predicted octanol–water partition coefficient (Wildman–Crippen LogP) is 10.0. The topological polar surface area (TPSA) is 173 Å². The number of benzene rings is 3. The maximum absolute atomic E-state index is 10.9. The number of hydrogen-bond donors (Lipinski definition) is 6. The second kappa shape index (κ2) is 19.3. The maximum atomic E-state index is 10.9. The van der Waals surface area contributed by atoms with Gasteiger partial charge in [-0.3, -0.25) is 0 Å². The van der Waals surface area contributed by atoms with E-state index in [1.165, 1.54) is 18.2 Å². The molecule has 10 heteroatoms. The van der Waals surface area contributed by atoms with Crippen LogP contribution < -0.4 is 0 Å². The molecule has 0 unspecified atom stereocenters. The minimum Gasteiger partial charge on any atom is -0.507 e. The van der Waals surface area contributed by atoms with Crippen molar-refractivity contribution in [2.24, 2.45) is 0 Å². The smallest absolute Gasteiger partial charge is 0.339 e. The van der Waals surface area contributed by atoms with Gasteiger partial charge in [0.15, 0.2) is 0 Å². The first-order valence-electron chi connectivity index (χ1n) is 16.3. The summed E-state index contributed by atoms with van der Waals surface area (Å²) >= 11 is 0. The first kappa shape index (κ1) is 45.0. The van der Waals surface area contributed by atoms with Crippen LogP contribution in [0.1, 0.15) is 183 Å². The van der Waals surface area contributed by atoms with E-state index >= 15 is 0 Å². The summed E-state index contributed by atoms with van der Waals surface area (Å²) in [6.45, 7) is 23.9. The molecule has 0 aliphatic rings. The fourth-order valence-corrected chi connectivity index (χ4v) is 5.72. The van der Waals surface area contributed by atoms with Crippen molar-refractivity contribution in [3.63, 3.8) is 0 Å². The van der Waals surface area contributed by atoms with E-state index in [4.69, 9.17) is 15.3 Å². The molecule has 0 spiro atoms. The van der Waals surface area contributed by atoms with E-state index in [0.29, 0.717) is 0 Å². The van der Waals surface area contributed by atoms with Gasteiger partial charge in [-0.15, -0.1) is 0 Å². The van der Waals surface area contributed by atoms with Gasteiger partial charge in [-0.05, 0) is 70.4 Å². The fourth-order valence-electron chi connectivity index (χ4n) is 5.72. The Bertz CT molecular complexity index is 1410. The number of hydrogen-bond acceptors (Lipinski definition) is 6. The molecule has 0 radical (unpaired) electrons. The Hall–Kier alpha value is -4.00. The third-order valence-electron chi connectivity index (χ3n) is 8.04. The summed E-state index contributed by atoms with van der Waals surface area (Å²) in [7, 11) is 0. The largest absolute Gasteiger partial charge is 0.507 e. The fraction of sp³-hybridized carbons (Fsp3) is 0.462. The Kier molecular flexibility index (Phi) is 17.7. The average Bonchev–Trinajstić information content (AvgIpc) is 2.95. The number of aromatic carboxylic acids is 3. The van der Waals surface area contributed by atoms with E-state index in [9.17, 15) is 29.7 Å². The average molecular weight is 719 g/mol. The Balaban J connectivity index is 0.000000698. The van der Waals surface area contributed by atoms with Gasteiger partial charge in [0.1, 0.15) is 33.9 Å². The van der Waals surface area contributed by atoms with Crippen molar-refractivity contribution in [1.29, 1.82) is 0 Å². The molecule has 3 rings (SSSR count). The van der Waals surface area contributed by atoms with Crippen LogP contribution in [0.2, 0.25) is 0 Å². The van der Waals surface area contributed by atoms with Crippen molar-refractivity contribution in [3.8, 4) is 17.2 Å².